The Morgan fingerprint density at radius 1 is 1.20 bits per heavy atom. The summed E-state index contributed by atoms with van der Waals surface area (Å²) in [6.07, 6.45) is 1.79. The number of alkyl carbamates (subject to hydrolysis) is 1. The summed E-state index contributed by atoms with van der Waals surface area (Å²) in [5.41, 5.74) is -0.480. The van der Waals surface area contributed by atoms with Crippen molar-refractivity contribution in [3.63, 3.8) is 0 Å². The Labute approximate surface area is 145 Å². The maximum atomic E-state index is 12.7. The molecule has 4 rings (SSSR count). The van der Waals surface area contributed by atoms with Crippen molar-refractivity contribution >= 4 is 17.8 Å². The summed E-state index contributed by atoms with van der Waals surface area (Å²) in [4.78, 5) is 27.9. The molecule has 9 heteroatoms. The first-order chi connectivity index (χ1) is 12.2. The summed E-state index contributed by atoms with van der Waals surface area (Å²) < 4.78 is 16.1. The molecule has 4 heterocycles. The standard InChI is InChI=1S/C16H22N4O5/c21-14(12-10-13(18-25-12)19-6-8-23-9-7-19)20-4-1-2-16(3-5-20)11-17-15(22)24-16/h10H,1-9,11H2,(H,17,22). The molecule has 25 heavy (non-hydrogen) atoms. The van der Waals surface area contributed by atoms with Crippen LogP contribution < -0.4 is 10.2 Å². The molecule has 3 aliphatic rings. The van der Waals surface area contributed by atoms with Gasteiger partial charge in [0.2, 0.25) is 5.76 Å². The largest absolute Gasteiger partial charge is 0.441 e. The molecule has 1 aromatic heterocycles. The molecule has 1 atom stereocenters. The Morgan fingerprint density at radius 3 is 2.80 bits per heavy atom. The fourth-order valence-corrected chi connectivity index (χ4v) is 3.62. The molecule has 0 aliphatic carbocycles. The second-order valence-electron chi connectivity index (χ2n) is 6.72. The van der Waals surface area contributed by atoms with Gasteiger partial charge < -0.3 is 29.1 Å². The molecule has 3 fully saturated rings. The van der Waals surface area contributed by atoms with Gasteiger partial charge in [-0.2, -0.15) is 0 Å². The number of rotatable bonds is 2. The molecule has 0 bridgehead atoms. The van der Waals surface area contributed by atoms with Gasteiger partial charge in [0, 0.05) is 38.7 Å². The second kappa shape index (κ2) is 6.55. The number of morpholine rings is 1. The first-order valence-corrected chi connectivity index (χ1v) is 8.71. The zero-order valence-corrected chi connectivity index (χ0v) is 14.0. The predicted molar refractivity (Wildman–Crippen MR) is 86.5 cm³/mol. The van der Waals surface area contributed by atoms with Crippen LogP contribution in [0.3, 0.4) is 0 Å². The van der Waals surface area contributed by atoms with Gasteiger partial charge in [-0.25, -0.2) is 4.79 Å². The van der Waals surface area contributed by atoms with E-state index in [0.717, 1.165) is 25.9 Å². The minimum absolute atomic E-state index is 0.165. The third kappa shape index (κ3) is 3.28. The molecule has 3 saturated heterocycles. The van der Waals surface area contributed by atoms with Crippen LogP contribution in [0.4, 0.5) is 10.6 Å². The molecule has 1 aromatic rings. The van der Waals surface area contributed by atoms with Crippen LogP contribution in [-0.4, -0.2) is 73.6 Å². The highest BCUT2D eigenvalue weighted by Crippen LogP contribution is 2.30. The number of nitrogens with zero attached hydrogens (tertiary/aromatic N) is 3. The van der Waals surface area contributed by atoms with Crippen molar-refractivity contribution < 1.29 is 23.6 Å². The first-order valence-electron chi connectivity index (χ1n) is 8.71. The SMILES string of the molecule is O=C1NCC2(CCCN(C(=O)c3cc(N4CCOCC4)no3)CC2)O1. The third-order valence-corrected chi connectivity index (χ3v) is 5.09. The number of ether oxygens (including phenoxy) is 2. The monoisotopic (exact) mass is 350 g/mol. The van der Waals surface area contributed by atoms with Crippen LogP contribution in [0.25, 0.3) is 0 Å². The topological polar surface area (TPSA) is 97.1 Å². The van der Waals surface area contributed by atoms with Gasteiger partial charge in [-0.15, -0.1) is 0 Å². The normalized spacial score (nSPS) is 27.1. The van der Waals surface area contributed by atoms with Gasteiger partial charge in [0.1, 0.15) is 5.60 Å². The molecule has 0 aromatic carbocycles. The summed E-state index contributed by atoms with van der Waals surface area (Å²) in [5, 5.41) is 6.74. The van der Waals surface area contributed by atoms with Gasteiger partial charge in [0.25, 0.3) is 5.91 Å². The van der Waals surface area contributed by atoms with Crippen molar-refractivity contribution in [2.24, 2.45) is 0 Å². The Bertz CT molecular complexity index is 657. The van der Waals surface area contributed by atoms with Gasteiger partial charge in [-0.1, -0.05) is 5.16 Å². The third-order valence-electron chi connectivity index (χ3n) is 5.09. The first kappa shape index (κ1) is 16.2. The van der Waals surface area contributed by atoms with Crippen molar-refractivity contribution in [3.8, 4) is 0 Å². The number of nitrogens with one attached hydrogen (secondary N) is 1. The number of hydrogen-bond donors (Lipinski definition) is 1. The number of aromatic nitrogens is 1. The summed E-state index contributed by atoms with van der Waals surface area (Å²) in [6.45, 7) is 4.44. The molecular weight excluding hydrogens is 328 g/mol. The predicted octanol–water partition coefficient (Wildman–Crippen LogP) is 0.616. The fraction of sp³-hybridized carbons (Fsp3) is 0.688. The fourth-order valence-electron chi connectivity index (χ4n) is 3.62. The van der Waals surface area contributed by atoms with E-state index in [-0.39, 0.29) is 17.8 Å². The number of amides is 2. The molecule has 1 spiro atoms. The van der Waals surface area contributed by atoms with E-state index in [1.54, 1.807) is 11.0 Å². The lowest BCUT2D eigenvalue weighted by Crippen LogP contribution is -2.37. The number of likely N-dealkylation sites (tertiary alicyclic amines) is 1. The summed E-state index contributed by atoms with van der Waals surface area (Å²) in [6, 6.07) is 1.70. The minimum atomic E-state index is -0.480. The van der Waals surface area contributed by atoms with E-state index < -0.39 is 5.60 Å². The van der Waals surface area contributed by atoms with Crippen molar-refractivity contribution in [1.29, 1.82) is 0 Å². The summed E-state index contributed by atoms with van der Waals surface area (Å²) in [5.74, 6) is 0.757. The van der Waals surface area contributed by atoms with Crippen molar-refractivity contribution in [1.82, 2.24) is 15.4 Å². The number of anilines is 1. The Morgan fingerprint density at radius 2 is 2.04 bits per heavy atom. The molecule has 1 N–H and O–H groups in total. The van der Waals surface area contributed by atoms with Crippen molar-refractivity contribution in [2.75, 3.05) is 50.8 Å². The average Bonchev–Trinajstić information content (AvgIpc) is 3.20. The van der Waals surface area contributed by atoms with Crippen LogP contribution in [0.5, 0.6) is 0 Å². The quantitative estimate of drug-likeness (QED) is 0.835. The van der Waals surface area contributed by atoms with Gasteiger partial charge >= 0.3 is 6.09 Å². The van der Waals surface area contributed by atoms with Crippen LogP contribution in [0.2, 0.25) is 0 Å². The van der Waals surface area contributed by atoms with E-state index >= 15 is 0 Å². The van der Waals surface area contributed by atoms with E-state index in [0.29, 0.717) is 45.1 Å². The second-order valence-corrected chi connectivity index (χ2v) is 6.72. The lowest BCUT2D eigenvalue weighted by Gasteiger charge is -2.25. The Hall–Kier alpha value is -2.29. The highest BCUT2D eigenvalue weighted by Gasteiger charge is 2.42. The van der Waals surface area contributed by atoms with Crippen LogP contribution in [-0.2, 0) is 9.47 Å². The summed E-state index contributed by atoms with van der Waals surface area (Å²) >= 11 is 0. The molecule has 0 radical (unpaired) electrons. The molecule has 0 saturated carbocycles. The number of carbonyl (C=O) groups excluding carboxylic acids is 2. The van der Waals surface area contributed by atoms with Gasteiger partial charge in [-0.3, -0.25) is 4.79 Å². The number of carbonyl (C=O) groups is 2. The Balaban J connectivity index is 1.41. The maximum absolute atomic E-state index is 12.7. The highest BCUT2D eigenvalue weighted by atomic mass is 16.6. The van der Waals surface area contributed by atoms with Crippen LogP contribution >= 0.6 is 0 Å². The smallest absolute Gasteiger partial charge is 0.407 e. The van der Waals surface area contributed by atoms with Crippen molar-refractivity contribution in [3.05, 3.63) is 11.8 Å². The van der Waals surface area contributed by atoms with Crippen molar-refractivity contribution in [2.45, 2.75) is 24.9 Å². The van der Waals surface area contributed by atoms with E-state index in [9.17, 15) is 9.59 Å². The van der Waals surface area contributed by atoms with E-state index in [4.69, 9.17) is 14.0 Å². The molecule has 3 aliphatic heterocycles. The Kier molecular flexibility index (Phi) is 4.24. The van der Waals surface area contributed by atoms with Crippen LogP contribution in [0.15, 0.2) is 10.6 Å². The zero-order chi connectivity index (χ0) is 17.3. The maximum Gasteiger partial charge on any atom is 0.407 e. The van der Waals surface area contributed by atoms with Crippen LogP contribution in [0, 0.1) is 0 Å². The lowest BCUT2D eigenvalue weighted by molar-refractivity contribution is 0.0435. The van der Waals surface area contributed by atoms with E-state index in [2.05, 4.69) is 10.5 Å². The van der Waals surface area contributed by atoms with Gasteiger partial charge in [0.15, 0.2) is 5.82 Å². The van der Waals surface area contributed by atoms with Crippen LogP contribution in [0.1, 0.15) is 29.8 Å². The lowest BCUT2D eigenvalue weighted by atomic mass is 9.95. The molecule has 2 amide bonds. The summed E-state index contributed by atoms with van der Waals surface area (Å²) in [7, 11) is 0. The molecular formula is C16H22N4O5. The highest BCUT2D eigenvalue weighted by molar-refractivity contribution is 5.92. The van der Waals surface area contributed by atoms with E-state index in [1.807, 2.05) is 4.90 Å². The van der Waals surface area contributed by atoms with E-state index in [1.165, 1.54) is 0 Å². The number of hydrogen-bond acceptors (Lipinski definition) is 7. The molecule has 136 valence electrons. The molecule has 9 nitrogen and oxygen atoms in total. The zero-order valence-electron chi connectivity index (χ0n) is 14.0. The average molecular weight is 350 g/mol. The van der Waals surface area contributed by atoms with Gasteiger partial charge in [-0.05, 0) is 12.8 Å². The minimum Gasteiger partial charge on any atom is -0.441 e. The van der Waals surface area contributed by atoms with Gasteiger partial charge in [0.05, 0.1) is 19.8 Å². The molecule has 1 unspecified atom stereocenters.